The summed E-state index contributed by atoms with van der Waals surface area (Å²) in [6.45, 7) is 10.2. The first-order valence-corrected chi connectivity index (χ1v) is 10.7. The van der Waals surface area contributed by atoms with Crippen molar-refractivity contribution in [2.75, 3.05) is 17.1 Å². The van der Waals surface area contributed by atoms with Crippen LogP contribution in [0.3, 0.4) is 0 Å². The van der Waals surface area contributed by atoms with Gasteiger partial charge in [0.05, 0.1) is 11.9 Å². The molecule has 1 aromatic rings. The van der Waals surface area contributed by atoms with Gasteiger partial charge in [-0.3, -0.25) is 9.10 Å². The van der Waals surface area contributed by atoms with Gasteiger partial charge in [-0.05, 0) is 44.2 Å². The number of carbonyl (C=O) groups excluding carboxylic acids is 1. The number of halogens is 2. The molecule has 1 amide bonds. The Morgan fingerprint density at radius 3 is 2.19 bits per heavy atom. The van der Waals surface area contributed by atoms with Gasteiger partial charge in [0.2, 0.25) is 15.9 Å². The van der Waals surface area contributed by atoms with Crippen LogP contribution in [-0.2, 0) is 14.8 Å². The number of nitrogens with one attached hydrogen (secondary N) is 1. The topological polar surface area (TPSA) is 66.5 Å². The summed E-state index contributed by atoms with van der Waals surface area (Å²) in [7, 11) is -3.69. The predicted molar refractivity (Wildman–Crippen MR) is 104 cm³/mol. The van der Waals surface area contributed by atoms with Gasteiger partial charge in [-0.15, -0.1) is 0 Å². The molecule has 0 heterocycles. The fraction of sp³-hybridized carbons (Fsp3) is 0.632. The van der Waals surface area contributed by atoms with Crippen molar-refractivity contribution in [2.24, 2.45) is 5.41 Å². The molecule has 0 fully saturated rings. The SMILES string of the molecule is CC(C)(C)CC(C)(C)NC(=O)CCCN(c1ccc(F)c(F)c1)S(C)(=O)=O. The molecule has 0 aliphatic rings. The number of rotatable bonds is 8. The normalized spacial score (nSPS) is 12.7. The third-order valence-corrected chi connectivity index (χ3v) is 5.00. The van der Waals surface area contributed by atoms with Crippen LogP contribution in [0.15, 0.2) is 18.2 Å². The number of hydrogen-bond donors (Lipinski definition) is 1. The lowest BCUT2D eigenvalue weighted by Gasteiger charge is -2.33. The van der Waals surface area contributed by atoms with E-state index in [0.717, 1.165) is 29.1 Å². The van der Waals surface area contributed by atoms with Crippen molar-refractivity contribution in [2.45, 2.75) is 59.4 Å². The molecule has 1 N–H and O–H groups in total. The van der Waals surface area contributed by atoms with Gasteiger partial charge < -0.3 is 5.32 Å². The molecule has 5 nitrogen and oxygen atoms in total. The van der Waals surface area contributed by atoms with Crippen LogP contribution >= 0.6 is 0 Å². The van der Waals surface area contributed by atoms with Crippen molar-refractivity contribution in [3.63, 3.8) is 0 Å². The molecule has 0 saturated heterocycles. The molecule has 0 saturated carbocycles. The van der Waals surface area contributed by atoms with Crippen molar-refractivity contribution < 1.29 is 22.0 Å². The Kier molecular flexibility index (Phi) is 7.38. The summed E-state index contributed by atoms with van der Waals surface area (Å²) >= 11 is 0. The number of benzene rings is 1. The van der Waals surface area contributed by atoms with E-state index in [1.807, 2.05) is 13.8 Å². The second-order valence-corrected chi connectivity index (χ2v) is 10.6. The van der Waals surface area contributed by atoms with Crippen LogP contribution in [0.5, 0.6) is 0 Å². The quantitative estimate of drug-likeness (QED) is 0.716. The molecular formula is C19H30F2N2O3S. The third kappa shape index (κ3) is 8.24. The highest BCUT2D eigenvalue weighted by molar-refractivity contribution is 7.92. The maximum Gasteiger partial charge on any atom is 0.232 e. The van der Waals surface area contributed by atoms with Gasteiger partial charge in [0.1, 0.15) is 0 Å². The van der Waals surface area contributed by atoms with Crippen molar-refractivity contribution in [1.29, 1.82) is 0 Å². The Labute approximate surface area is 161 Å². The molecule has 154 valence electrons. The highest BCUT2D eigenvalue weighted by Gasteiger charge is 2.27. The molecule has 27 heavy (non-hydrogen) atoms. The summed E-state index contributed by atoms with van der Waals surface area (Å²) in [6.07, 6.45) is 2.16. The van der Waals surface area contributed by atoms with Crippen LogP contribution < -0.4 is 9.62 Å². The van der Waals surface area contributed by atoms with Crippen LogP contribution in [-0.4, -0.2) is 32.7 Å². The van der Waals surface area contributed by atoms with E-state index < -0.39 is 21.7 Å². The average molecular weight is 405 g/mol. The molecule has 1 aromatic carbocycles. The lowest BCUT2D eigenvalue weighted by molar-refractivity contribution is -0.123. The molecule has 0 radical (unpaired) electrons. The first-order chi connectivity index (χ1) is 12.1. The van der Waals surface area contributed by atoms with E-state index in [1.54, 1.807) is 0 Å². The Morgan fingerprint density at radius 2 is 1.70 bits per heavy atom. The number of nitrogens with zero attached hydrogens (tertiary/aromatic N) is 1. The molecule has 0 atom stereocenters. The Bertz CT molecular complexity index is 772. The van der Waals surface area contributed by atoms with E-state index in [4.69, 9.17) is 0 Å². The maximum atomic E-state index is 13.4. The smallest absolute Gasteiger partial charge is 0.232 e. The van der Waals surface area contributed by atoms with Crippen LogP contribution in [0.25, 0.3) is 0 Å². The first-order valence-electron chi connectivity index (χ1n) is 8.84. The van der Waals surface area contributed by atoms with Crippen molar-refractivity contribution in [3.05, 3.63) is 29.8 Å². The minimum Gasteiger partial charge on any atom is -0.351 e. The monoisotopic (exact) mass is 404 g/mol. The van der Waals surface area contributed by atoms with Gasteiger partial charge in [-0.1, -0.05) is 20.8 Å². The molecular weight excluding hydrogens is 374 g/mol. The molecule has 0 aliphatic carbocycles. The first kappa shape index (κ1) is 23.3. The zero-order chi connectivity index (χ0) is 21.0. The van der Waals surface area contributed by atoms with Crippen LogP contribution in [0.1, 0.15) is 53.9 Å². The Balaban J connectivity index is 2.72. The molecule has 0 spiro atoms. The second-order valence-electron chi connectivity index (χ2n) is 8.71. The zero-order valence-corrected chi connectivity index (χ0v) is 17.7. The van der Waals surface area contributed by atoms with Gasteiger partial charge in [0.25, 0.3) is 0 Å². The molecule has 0 aromatic heterocycles. The zero-order valence-electron chi connectivity index (χ0n) is 16.9. The lowest BCUT2D eigenvalue weighted by atomic mass is 9.82. The van der Waals surface area contributed by atoms with Gasteiger partial charge in [0, 0.05) is 24.6 Å². The molecule has 1 rings (SSSR count). The minimum absolute atomic E-state index is 0.00295. The maximum absolute atomic E-state index is 13.4. The average Bonchev–Trinajstić information content (AvgIpc) is 2.42. The molecule has 0 aliphatic heterocycles. The van der Waals surface area contributed by atoms with Crippen molar-refractivity contribution in [3.8, 4) is 0 Å². The fourth-order valence-electron chi connectivity index (χ4n) is 3.32. The van der Waals surface area contributed by atoms with Gasteiger partial charge in [0.15, 0.2) is 11.6 Å². The summed E-state index contributed by atoms with van der Waals surface area (Å²) in [5, 5.41) is 2.97. The second kappa shape index (κ2) is 8.54. The highest BCUT2D eigenvalue weighted by atomic mass is 32.2. The van der Waals surface area contributed by atoms with E-state index in [-0.39, 0.29) is 41.9 Å². The van der Waals surface area contributed by atoms with Crippen LogP contribution in [0.2, 0.25) is 0 Å². The van der Waals surface area contributed by atoms with E-state index in [1.165, 1.54) is 6.07 Å². The molecule has 0 unspecified atom stereocenters. The Hall–Kier alpha value is -1.70. The summed E-state index contributed by atoms with van der Waals surface area (Å²) < 4.78 is 51.5. The lowest BCUT2D eigenvalue weighted by Crippen LogP contribution is -2.46. The largest absolute Gasteiger partial charge is 0.351 e. The van der Waals surface area contributed by atoms with E-state index in [2.05, 4.69) is 26.1 Å². The van der Waals surface area contributed by atoms with E-state index >= 15 is 0 Å². The van der Waals surface area contributed by atoms with Crippen LogP contribution in [0, 0.1) is 17.0 Å². The van der Waals surface area contributed by atoms with Crippen molar-refractivity contribution >= 4 is 21.6 Å². The number of hydrogen-bond acceptors (Lipinski definition) is 3. The van der Waals surface area contributed by atoms with Crippen LogP contribution in [0.4, 0.5) is 14.5 Å². The Morgan fingerprint density at radius 1 is 1.11 bits per heavy atom. The van der Waals surface area contributed by atoms with Gasteiger partial charge in [-0.25, -0.2) is 17.2 Å². The minimum atomic E-state index is -3.69. The number of amides is 1. The number of carbonyl (C=O) groups is 1. The summed E-state index contributed by atoms with van der Waals surface area (Å²) in [6, 6.07) is 2.92. The number of anilines is 1. The summed E-state index contributed by atoms with van der Waals surface area (Å²) in [5.74, 6) is -2.35. The third-order valence-electron chi connectivity index (χ3n) is 3.81. The van der Waals surface area contributed by atoms with Gasteiger partial charge in [-0.2, -0.15) is 0 Å². The summed E-state index contributed by atoms with van der Waals surface area (Å²) in [4.78, 5) is 12.2. The predicted octanol–water partition coefficient (Wildman–Crippen LogP) is 3.84. The fourth-order valence-corrected chi connectivity index (χ4v) is 4.28. The molecule has 8 heteroatoms. The standard InChI is InChI=1S/C19H30F2N2O3S/c1-18(2,3)13-19(4,5)22-17(24)8-7-11-23(27(6,25)26)14-9-10-15(20)16(21)12-14/h9-10,12H,7-8,11,13H2,1-6H3,(H,22,24). The highest BCUT2D eigenvalue weighted by Crippen LogP contribution is 2.27. The summed E-state index contributed by atoms with van der Waals surface area (Å²) in [5.41, 5.74) is -0.299. The van der Waals surface area contributed by atoms with Crippen molar-refractivity contribution in [1.82, 2.24) is 5.32 Å². The van der Waals surface area contributed by atoms with Gasteiger partial charge >= 0.3 is 0 Å². The van der Waals surface area contributed by atoms with E-state index in [0.29, 0.717) is 0 Å². The van der Waals surface area contributed by atoms with E-state index in [9.17, 15) is 22.0 Å². The number of sulfonamides is 1. The molecule has 0 bridgehead atoms.